The fourth-order valence-corrected chi connectivity index (χ4v) is 2.33. The summed E-state index contributed by atoms with van der Waals surface area (Å²) in [5, 5.41) is 5.55. The van der Waals surface area contributed by atoms with Gasteiger partial charge < -0.3 is 15.0 Å². The lowest BCUT2D eigenvalue weighted by atomic mass is 10.3. The molecule has 1 aromatic rings. The van der Waals surface area contributed by atoms with Gasteiger partial charge in [0.2, 0.25) is 0 Å². The zero-order chi connectivity index (χ0) is 18.1. The number of nitrogens with one attached hydrogen (secondary N) is 3. The van der Waals surface area contributed by atoms with Gasteiger partial charge in [0.15, 0.2) is 13.1 Å². The molecule has 0 aromatic heterocycles. The van der Waals surface area contributed by atoms with E-state index in [0.29, 0.717) is 27.2 Å². The molecule has 0 saturated heterocycles. The Kier molecular flexibility index (Phi) is 8.53. The zero-order valence-corrected chi connectivity index (χ0v) is 15.0. The van der Waals surface area contributed by atoms with Gasteiger partial charge in [-0.3, -0.25) is 14.9 Å². The molecule has 132 valence electrons. The van der Waals surface area contributed by atoms with Gasteiger partial charge in [-0.1, -0.05) is 23.2 Å². The summed E-state index contributed by atoms with van der Waals surface area (Å²) in [7, 11) is 0. The van der Waals surface area contributed by atoms with Crippen LogP contribution < -0.4 is 15.5 Å². The number of hydrogen-bond acceptors (Lipinski definition) is 4. The molecule has 24 heavy (non-hydrogen) atoms. The minimum absolute atomic E-state index is 0.0307. The first kappa shape index (κ1) is 20.2. The fourth-order valence-electron chi connectivity index (χ4n) is 1.88. The molecule has 0 aliphatic rings. The summed E-state index contributed by atoms with van der Waals surface area (Å²) in [4.78, 5) is 35.7. The molecule has 0 bridgehead atoms. The average molecular weight is 377 g/mol. The van der Waals surface area contributed by atoms with Gasteiger partial charge in [-0.15, -0.1) is 0 Å². The van der Waals surface area contributed by atoms with E-state index in [0.717, 1.165) is 0 Å². The highest BCUT2D eigenvalue weighted by atomic mass is 35.5. The molecule has 0 aliphatic heterocycles. The number of alkyl carbamates (subject to hydrolysis) is 1. The minimum atomic E-state index is -0.796. The largest absolute Gasteiger partial charge is 0.450 e. The predicted molar refractivity (Wildman–Crippen MR) is 91.5 cm³/mol. The van der Waals surface area contributed by atoms with Crippen LogP contribution in [0.2, 0.25) is 10.0 Å². The standard InChI is InChI=1S/C15H19Cl2N3O4/c1-3-20(9-14(22)19-15(23)24-4-2)8-13(21)18-12-6-5-10(16)7-11(12)17/h5-7H,3-4,8-9H2,1-2H3,(H,18,21)(H,19,22,23)/p+1. The number of rotatable bonds is 7. The summed E-state index contributed by atoms with van der Waals surface area (Å²) < 4.78 is 4.63. The van der Waals surface area contributed by atoms with Crippen LogP contribution in [0.25, 0.3) is 0 Å². The normalized spacial score (nSPS) is 11.5. The number of ether oxygens (including phenoxy) is 1. The van der Waals surface area contributed by atoms with Crippen LogP contribution >= 0.6 is 23.2 Å². The Hall–Kier alpha value is -1.83. The molecule has 7 nitrogen and oxygen atoms in total. The van der Waals surface area contributed by atoms with Crippen molar-refractivity contribution in [2.24, 2.45) is 0 Å². The minimum Gasteiger partial charge on any atom is -0.450 e. The number of imide groups is 1. The van der Waals surface area contributed by atoms with Crippen LogP contribution in [0, 0.1) is 0 Å². The van der Waals surface area contributed by atoms with E-state index in [2.05, 4.69) is 15.4 Å². The Morgan fingerprint density at radius 2 is 1.79 bits per heavy atom. The van der Waals surface area contributed by atoms with Crippen molar-refractivity contribution in [1.82, 2.24) is 5.32 Å². The van der Waals surface area contributed by atoms with E-state index in [1.807, 2.05) is 6.92 Å². The number of likely N-dealkylation sites (N-methyl/N-ethyl adjacent to an activating group) is 1. The number of carbonyl (C=O) groups is 3. The first-order chi connectivity index (χ1) is 11.3. The van der Waals surface area contributed by atoms with Crippen LogP contribution in [0.5, 0.6) is 0 Å². The third-order valence-electron chi connectivity index (χ3n) is 3.04. The molecule has 3 amide bonds. The monoisotopic (exact) mass is 376 g/mol. The maximum atomic E-state index is 12.1. The molecule has 1 rings (SSSR count). The number of carbonyl (C=O) groups excluding carboxylic acids is 3. The maximum Gasteiger partial charge on any atom is 0.414 e. The number of quaternary nitrogens is 1. The molecule has 0 spiro atoms. The molecule has 3 N–H and O–H groups in total. The number of anilines is 1. The fraction of sp³-hybridized carbons (Fsp3) is 0.400. The molecule has 0 fully saturated rings. The first-order valence-corrected chi connectivity index (χ1v) is 8.16. The Bertz CT molecular complexity index is 610. The Labute approximate surface area is 150 Å². The van der Waals surface area contributed by atoms with Crippen molar-refractivity contribution in [3.63, 3.8) is 0 Å². The van der Waals surface area contributed by atoms with Crippen LogP contribution in [-0.2, 0) is 14.3 Å². The summed E-state index contributed by atoms with van der Waals surface area (Å²) in [5.41, 5.74) is 0.442. The lowest BCUT2D eigenvalue weighted by Crippen LogP contribution is -3.14. The number of benzene rings is 1. The van der Waals surface area contributed by atoms with Gasteiger partial charge in [-0.05, 0) is 32.0 Å². The number of amides is 3. The van der Waals surface area contributed by atoms with Gasteiger partial charge >= 0.3 is 6.09 Å². The van der Waals surface area contributed by atoms with E-state index in [1.54, 1.807) is 19.1 Å². The molecule has 1 unspecified atom stereocenters. The first-order valence-electron chi connectivity index (χ1n) is 7.40. The summed E-state index contributed by atoms with van der Waals surface area (Å²) in [6.07, 6.45) is -0.796. The van der Waals surface area contributed by atoms with Crippen molar-refractivity contribution in [2.75, 3.05) is 31.6 Å². The molecule has 0 heterocycles. The number of halogens is 2. The quantitative estimate of drug-likeness (QED) is 0.664. The zero-order valence-electron chi connectivity index (χ0n) is 13.4. The van der Waals surface area contributed by atoms with Gasteiger partial charge in [-0.25, -0.2) is 4.79 Å². The summed E-state index contributed by atoms with van der Waals surface area (Å²) in [6, 6.07) is 4.73. The SMILES string of the molecule is CCOC(=O)NC(=O)C[NH+](CC)CC(=O)Nc1ccc(Cl)cc1Cl. The van der Waals surface area contributed by atoms with E-state index >= 15 is 0 Å². The van der Waals surface area contributed by atoms with Crippen molar-refractivity contribution in [2.45, 2.75) is 13.8 Å². The molecule has 0 saturated carbocycles. The van der Waals surface area contributed by atoms with Gasteiger partial charge in [0.1, 0.15) is 0 Å². The average Bonchev–Trinajstić information content (AvgIpc) is 2.49. The third kappa shape index (κ3) is 7.16. The third-order valence-corrected chi connectivity index (χ3v) is 3.59. The van der Waals surface area contributed by atoms with E-state index in [-0.39, 0.29) is 25.6 Å². The second-order valence-corrected chi connectivity index (χ2v) is 5.74. The molecule has 1 atom stereocenters. The van der Waals surface area contributed by atoms with Crippen LogP contribution in [0.1, 0.15) is 13.8 Å². The highest BCUT2D eigenvalue weighted by molar-refractivity contribution is 6.36. The maximum absolute atomic E-state index is 12.1. The van der Waals surface area contributed by atoms with Gasteiger partial charge in [-0.2, -0.15) is 0 Å². The highest BCUT2D eigenvalue weighted by Crippen LogP contribution is 2.25. The van der Waals surface area contributed by atoms with Gasteiger partial charge in [0.25, 0.3) is 11.8 Å². The van der Waals surface area contributed by atoms with Crippen LogP contribution in [0.15, 0.2) is 18.2 Å². The van der Waals surface area contributed by atoms with Crippen molar-refractivity contribution in [1.29, 1.82) is 0 Å². The van der Waals surface area contributed by atoms with E-state index in [9.17, 15) is 14.4 Å². The second kappa shape index (κ2) is 10.1. The second-order valence-electron chi connectivity index (χ2n) is 4.90. The predicted octanol–water partition coefficient (Wildman–Crippen LogP) is 1.11. The van der Waals surface area contributed by atoms with E-state index in [1.165, 1.54) is 6.07 Å². The molecule has 9 heteroatoms. The Morgan fingerprint density at radius 3 is 2.38 bits per heavy atom. The van der Waals surface area contributed by atoms with Crippen molar-refractivity contribution in [3.05, 3.63) is 28.2 Å². The summed E-state index contributed by atoms with van der Waals surface area (Å²) in [6.45, 7) is 4.18. The number of hydrogen-bond donors (Lipinski definition) is 3. The van der Waals surface area contributed by atoms with Crippen molar-refractivity contribution >= 4 is 46.8 Å². The molecule has 0 aliphatic carbocycles. The molecule has 1 aromatic carbocycles. The van der Waals surface area contributed by atoms with Crippen LogP contribution in [0.4, 0.5) is 10.5 Å². The molecule has 0 radical (unpaired) electrons. The lowest BCUT2D eigenvalue weighted by molar-refractivity contribution is -0.881. The molecular weight excluding hydrogens is 357 g/mol. The Morgan fingerprint density at radius 1 is 1.12 bits per heavy atom. The lowest BCUT2D eigenvalue weighted by Gasteiger charge is -2.16. The topological polar surface area (TPSA) is 88.9 Å². The van der Waals surface area contributed by atoms with Crippen LogP contribution in [0.3, 0.4) is 0 Å². The van der Waals surface area contributed by atoms with Gasteiger partial charge in [0.05, 0.1) is 23.9 Å². The van der Waals surface area contributed by atoms with Crippen molar-refractivity contribution in [3.8, 4) is 0 Å². The van der Waals surface area contributed by atoms with Gasteiger partial charge in [0, 0.05) is 5.02 Å². The van der Waals surface area contributed by atoms with E-state index in [4.69, 9.17) is 23.2 Å². The highest BCUT2D eigenvalue weighted by Gasteiger charge is 2.19. The molecular formula is C15H20Cl2N3O4+. The van der Waals surface area contributed by atoms with E-state index < -0.39 is 12.0 Å². The Balaban J connectivity index is 2.53. The summed E-state index contributed by atoms with van der Waals surface area (Å²) in [5.74, 6) is -0.817. The summed E-state index contributed by atoms with van der Waals surface area (Å²) >= 11 is 11.8. The van der Waals surface area contributed by atoms with Crippen LogP contribution in [-0.4, -0.2) is 44.1 Å². The smallest absolute Gasteiger partial charge is 0.414 e. The van der Waals surface area contributed by atoms with Crippen molar-refractivity contribution < 1.29 is 24.0 Å².